The zero-order valence-electron chi connectivity index (χ0n) is 19.1. The number of phenolic OH excluding ortho intramolecular Hbond substituents is 1. The fourth-order valence-corrected chi connectivity index (χ4v) is 7.82. The second-order valence-electron chi connectivity index (χ2n) is 11.2. The van der Waals surface area contributed by atoms with E-state index in [0.717, 1.165) is 44.6 Å². The molecule has 33 heavy (non-hydrogen) atoms. The molecule has 1 amide bonds. The molecule has 5 aliphatic rings. The summed E-state index contributed by atoms with van der Waals surface area (Å²) in [6, 6.07) is 15.8. The minimum atomic E-state index is -0.328. The van der Waals surface area contributed by atoms with E-state index in [9.17, 15) is 9.90 Å². The summed E-state index contributed by atoms with van der Waals surface area (Å²) >= 11 is 0. The Hall–Kier alpha value is -2.37. The number of likely N-dealkylation sites (tertiary alicyclic amines) is 1. The van der Waals surface area contributed by atoms with Crippen molar-refractivity contribution in [2.45, 2.75) is 67.6 Å². The van der Waals surface area contributed by atoms with Gasteiger partial charge in [-0.15, -0.1) is 0 Å². The third-order valence-electron chi connectivity index (χ3n) is 9.41. The van der Waals surface area contributed by atoms with Crippen LogP contribution in [0.15, 0.2) is 48.5 Å². The van der Waals surface area contributed by atoms with Gasteiger partial charge >= 0.3 is 0 Å². The lowest BCUT2D eigenvalue weighted by molar-refractivity contribution is -0.139. The van der Waals surface area contributed by atoms with Gasteiger partial charge in [-0.25, -0.2) is 0 Å². The molecule has 172 valence electrons. The van der Waals surface area contributed by atoms with Crippen LogP contribution in [-0.4, -0.2) is 52.8 Å². The van der Waals surface area contributed by atoms with Gasteiger partial charge in [0, 0.05) is 30.1 Å². The van der Waals surface area contributed by atoms with E-state index in [1.54, 1.807) is 0 Å². The highest BCUT2D eigenvalue weighted by Gasteiger charge is 2.75. The van der Waals surface area contributed by atoms with Gasteiger partial charge in [0.1, 0.15) is 5.75 Å². The van der Waals surface area contributed by atoms with E-state index in [1.165, 1.54) is 30.5 Å². The van der Waals surface area contributed by atoms with Crippen molar-refractivity contribution in [2.75, 3.05) is 19.6 Å². The van der Waals surface area contributed by atoms with Gasteiger partial charge in [-0.3, -0.25) is 9.69 Å². The Kier molecular flexibility index (Phi) is 4.15. The zero-order valence-corrected chi connectivity index (χ0v) is 19.1. The number of aromatic hydroxyl groups is 1. The molecule has 4 atom stereocenters. The first-order chi connectivity index (χ1) is 16.0. The van der Waals surface area contributed by atoms with Crippen LogP contribution in [0, 0.1) is 5.92 Å². The molecule has 3 heterocycles. The minimum absolute atomic E-state index is 0.0294. The predicted octanol–water partition coefficient (Wildman–Crippen LogP) is 3.79. The Morgan fingerprint density at radius 2 is 1.97 bits per heavy atom. The van der Waals surface area contributed by atoms with E-state index in [1.807, 2.05) is 42.5 Å². The number of nitrogens with zero attached hydrogens (tertiary/aromatic N) is 1. The van der Waals surface area contributed by atoms with Crippen molar-refractivity contribution < 1.29 is 14.6 Å². The molecule has 4 fully saturated rings. The number of rotatable bonds is 5. The summed E-state index contributed by atoms with van der Waals surface area (Å²) in [5, 5.41) is 13.6. The summed E-state index contributed by atoms with van der Waals surface area (Å²) in [4.78, 5) is 15.6. The Morgan fingerprint density at radius 3 is 2.79 bits per heavy atom. The van der Waals surface area contributed by atoms with Gasteiger partial charge < -0.3 is 15.2 Å². The molecule has 2 aliphatic carbocycles. The normalized spacial score (nSPS) is 36.3. The second-order valence-corrected chi connectivity index (χ2v) is 11.2. The third kappa shape index (κ3) is 2.82. The SMILES string of the molecule is O=C(NC[C@@]12CC[C@@]3(O1)[C@H]1Cc4ccc(O)cc4[C@@]3(CCN1CC1CC1)C2)c1ccccc1. The lowest BCUT2D eigenvalue weighted by Gasteiger charge is -2.60. The van der Waals surface area contributed by atoms with Crippen molar-refractivity contribution in [1.29, 1.82) is 0 Å². The maximum Gasteiger partial charge on any atom is 0.251 e. The summed E-state index contributed by atoms with van der Waals surface area (Å²) in [7, 11) is 0. The predicted molar refractivity (Wildman–Crippen MR) is 125 cm³/mol. The summed E-state index contributed by atoms with van der Waals surface area (Å²) in [6.07, 6.45) is 7.75. The van der Waals surface area contributed by atoms with Crippen LogP contribution in [0.5, 0.6) is 5.75 Å². The molecule has 1 saturated carbocycles. The number of phenols is 1. The molecular formula is C28H32N2O3. The molecule has 0 unspecified atom stereocenters. The van der Waals surface area contributed by atoms with Crippen LogP contribution < -0.4 is 5.32 Å². The molecular weight excluding hydrogens is 412 g/mol. The van der Waals surface area contributed by atoms with Crippen molar-refractivity contribution in [3.05, 3.63) is 65.2 Å². The van der Waals surface area contributed by atoms with Crippen molar-refractivity contribution in [1.82, 2.24) is 10.2 Å². The molecule has 2 N–H and O–H groups in total. The van der Waals surface area contributed by atoms with Crippen LogP contribution in [0.3, 0.4) is 0 Å². The first kappa shape index (κ1) is 20.0. The highest BCUT2D eigenvalue weighted by atomic mass is 16.5. The lowest BCUT2D eigenvalue weighted by Crippen LogP contribution is -2.69. The van der Waals surface area contributed by atoms with Gasteiger partial charge in [-0.1, -0.05) is 24.3 Å². The molecule has 2 aromatic rings. The molecule has 0 aromatic heterocycles. The molecule has 1 spiro atoms. The maximum absolute atomic E-state index is 12.8. The largest absolute Gasteiger partial charge is 0.508 e. The van der Waals surface area contributed by atoms with Crippen LogP contribution in [0.1, 0.15) is 60.0 Å². The minimum Gasteiger partial charge on any atom is -0.508 e. The average Bonchev–Trinajstić information content (AvgIpc) is 3.50. The number of ether oxygens (including phenoxy) is 1. The van der Waals surface area contributed by atoms with E-state index in [4.69, 9.17) is 4.74 Å². The maximum atomic E-state index is 12.8. The van der Waals surface area contributed by atoms with Crippen LogP contribution in [0.25, 0.3) is 0 Å². The van der Waals surface area contributed by atoms with E-state index < -0.39 is 0 Å². The van der Waals surface area contributed by atoms with E-state index in [0.29, 0.717) is 23.9 Å². The van der Waals surface area contributed by atoms with Gasteiger partial charge in [-0.2, -0.15) is 0 Å². The topological polar surface area (TPSA) is 61.8 Å². The second kappa shape index (κ2) is 6.83. The number of amides is 1. The summed E-state index contributed by atoms with van der Waals surface area (Å²) in [5.74, 6) is 1.18. The van der Waals surface area contributed by atoms with Crippen LogP contribution in [0.4, 0.5) is 0 Å². The van der Waals surface area contributed by atoms with Crippen LogP contribution in [-0.2, 0) is 16.6 Å². The third-order valence-corrected chi connectivity index (χ3v) is 9.41. The standard InChI is InChI=1S/C28H32N2O3/c31-22-9-8-21-14-24-28-11-10-26(33-28,18-29-25(32)20-4-2-1-3-5-20)17-27(28,23(21)15-22)12-13-30(24)16-19-6-7-19/h1-5,8-9,15,19,24,31H,6-7,10-14,16-18H2,(H,29,32)/t24-,26+,27-,28-/m1/s1. The van der Waals surface area contributed by atoms with Gasteiger partial charge in [0.15, 0.2) is 0 Å². The monoisotopic (exact) mass is 444 g/mol. The molecule has 7 rings (SSSR count). The van der Waals surface area contributed by atoms with Gasteiger partial charge in [0.25, 0.3) is 5.91 Å². The number of hydrogen-bond acceptors (Lipinski definition) is 4. The fourth-order valence-electron chi connectivity index (χ4n) is 7.82. The quantitative estimate of drug-likeness (QED) is 0.737. The molecule has 0 radical (unpaired) electrons. The number of carbonyl (C=O) groups excluding carboxylic acids is 1. The Labute approximate surface area is 195 Å². The molecule has 3 saturated heterocycles. The number of nitrogens with one attached hydrogen (secondary N) is 1. The smallest absolute Gasteiger partial charge is 0.251 e. The van der Waals surface area contributed by atoms with E-state index in [2.05, 4.69) is 16.3 Å². The van der Waals surface area contributed by atoms with E-state index in [-0.39, 0.29) is 22.5 Å². The van der Waals surface area contributed by atoms with Crippen LogP contribution >= 0.6 is 0 Å². The van der Waals surface area contributed by atoms with Crippen molar-refractivity contribution in [3.63, 3.8) is 0 Å². The molecule has 2 aromatic carbocycles. The molecule has 4 bridgehead atoms. The van der Waals surface area contributed by atoms with Crippen molar-refractivity contribution >= 4 is 5.91 Å². The van der Waals surface area contributed by atoms with E-state index >= 15 is 0 Å². The fraction of sp³-hybridized carbons (Fsp3) is 0.536. The molecule has 5 nitrogen and oxygen atoms in total. The average molecular weight is 445 g/mol. The molecule has 5 heteroatoms. The Morgan fingerprint density at radius 1 is 1.12 bits per heavy atom. The number of carbonyl (C=O) groups is 1. The van der Waals surface area contributed by atoms with Gasteiger partial charge in [-0.05, 0) is 92.8 Å². The first-order valence-corrected chi connectivity index (χ1v) is 12.6. The summed E-state index contributed by atoms with van der Waals surface area (Å²) < 4.78 is 7.19. The highest BCUT2D eigenvalue weighted by molar-refractivity contribution is 5.94. The number of hydrogen-bond donors (Lipinski definition) is 2. The number of benzene rings is 2. The van der Waals surface area contributed by atoms with Crippen molar-refractivity contribution in [3.8, 4) is 5.75 Å². The Balaban J connectivity index is 1.24. The summed E-state index contributed by atoms with van der Waals surface area (Å²) in [5.41, 5.74) is 2.77. The zero-order chi connectivity index (χ0) is 22.3. The van der Waals surface area contributed by atoms with Crippen molar-refractivity contribution in [2.24, 2.45) is 5.92 Å². The van der Waals surface area contributed by atoms with Gasteiger partial charge in [0.2, 0.25) is 0 Å². The van der Waals surface area contributed by atoms with Gasteiger partial charge in [0.05, 0.1) is 11.2 Å². The highest BCUT2D eigenvalue weighted by Crippen LogP contribution is 2.69. The lowest BCUT2D eigenvalue weighted by atomic mass is 9.50. The molecule has 3 aliphatic heterocycles. The summed E-state index contributed by atoms with van der Waals surface area (Å²) in [6.45, 7) is 2.85. The van der Waals surface area contributed by atoms with Crippen LogP contribution in [0.2, 0.25) is 0 Å². The number of fused-ring (bicyclic) bond motifs is 2. The number of piperidine rings is 1. The first-order valence-electron chi connectivity index (χ1n) is 12.6. The Bertz CT molecular complexity index is 1120.